The quantitative estimate of drug-likeness (QED) is 0.363. The summed E-state index contributed by atoms with van der Waals surface area (Å²) in [6.45, 7) is 6.48. The average molecular weight is 419 g/mol. The summed E-state index contributed by atoms with van der Waals surface area (Å²) >= 11 is 10.6. The van der Waals surface area contributed by atoms with Crippen LogP contribution in [0.25, 0.3) is 0 Å². The summed E-state index contributed by atoms with van der Waals surface area (Å²) in [7, 11) is 0. The molecule has 6 nitrogen and oxygen atoms in total. The predicted octanol–water partition coefficient (Wildman–Crippen LogP) is 3.76. The fourth-order valence-corrected chi connectivity index (χ4v) is 2.74. The number of thiocarbonyl (C=S) groups is 2. The van der Waals surface area contributed by atoms with Crippen molar-refractivity contribution in [3.8, 4) is 11.5 Å². The third-order valence-electron chi connectivity index (χ3n) is 3.54. The normalized spacial score (nSPS) is 9.93. The Bertz CT molecular complexity index is 686. The summed E-state index contributed by atoms with van der Waals surface area (Å²) in [6.07, 6.45) is 0. The summed E-state index contributed by atoms with van der Waals surface area (Å²) in [5.41, 5.74) is 1.81. The van der Waals surface area contributed by atoms with Crippen molar-refractivity contribution in [2.24, 2.45) is 0 Å². The van der Waals surface area contributed by atoms with E-state index in [2.05, 4.69) is 21.3 Å². The zero-order valence-electron chi connectivity index (χ0n) is 16.1. The van der Waals surface area contributed by atoms with E-state index < -0.39 is 0 Å². The molecule has 2 aromatic carbocycles. The molecule has 0 aromatic heterocycles. The highest BCUT2D eigenvalue weighted by Gasteiger charge is 2.00. The zero-order valence-corrected chi connectivity index (χ0v) is 17.7. The predicted molar refractivity (Wildman–Crippen MR) is 124 cm³/mol. The number of ether oxygens (including phenoxy) is 2. The first kappa shape index (κ1) is 21.7. The lowest BCUT2D eigenvalue weighted by atomic mass is 10.3. The molecule has 0 unspecified atom stereocenters. The van der Waals surface area contributed by atoms with E-state index in [0.717, 1.165) is 22.9 Å². The van der Waals surface area contributed by atoms with Crippen LogP contribution in [0.5, 0.6) is 11.5 Å². The summed E-state index contributed by atoms with van der Waals surface area (Å²) < 4.78 is 10.8. The molecule has 2 rings (SSSR count). The number of anilines is 2. The van der Waals surface area contributed by atoms with Gasteiger partial charge in [0.25, 0.3) is 0 Å². The Hall–Kier alpha value is -2.58. The first-order valence-corrected chi connectivity index (χ1v) is 9.97. The van der Waals surface area contributed by atoms with Gasteiger partial charge in [-0.05, 0) is 86.8 Å². The molecule has 0 saturated heterocycles. The van der Waals surface area contributed by atoms with Gasteiger partial charge >= 0.3 is 0 Å². The van der Waals surface area contributed by atoms with E-state index in [-0.39, 0.29) is 0 Å². The lowest BCUT2D eigenvalue weighted by Gasteiger charge is -2.13. The molecular weight excluding hydrogens is 392 g/mol. The molecule has 0 spiro atoms. The van der Waals surface area contributed by atoms with Gasteiger partial charge in [-0.2, -0.15) is 0 Å². The summed E-state index contributed by atoms with van der Waals surface area (Å²) in [4.78, 5) is 0. The van der Waals surface area contributed by atoms with E-state index in [1.54, 1.807) is 0 Å². The van der Waals surface area contributed by atoms with E-state index in [1.807, 2.05) is 62.4 Å². The second kappa shape index (κ2) is 12.0. The van der Waals surface area contributed by atoms with Gasteiger partial charge in [-0.15, -0.1) is 0 Å². The van der Waals surface area contributed by atoms with Crippen LogP contribution >= 0.6 is 24.4 Å². The smallest absolute Gasteiger partial charge is 0.170 e. The third-order valence-corrected chi connectivity index (χ3v) is 4.04. The minimum Gasteiger partial charge on any atom is -0.494 e. The molecule has 0 radical (unpaired) electrons. The Morgan fingerprint density at radius 2 is 1.04 bits per heavy atom. The Kier molecular flexibility index (Phi) is 9.30. The number of nitrogens with one attached hydrogen (secondary N) is 4. The number of hydrogen-bond donors (Lipinski definition) is 4. The van der Waals surface area contributed by atoms with Crippen LogP contribution in [0.4, 0.5) is 11.4 Å². The monoisotopic (exact) mass is 418 g/mol. The van der Waals surface area contributed by atoms with E-state index >= 15 is 0 Å². The average Bonchev–Trinajstić information content (AvgIpc) is 2.69. The van der Waals surface area contributed by atoms with Crippen molar-refractivity contribution < 1.29 is 9.47 Å². The van der Waals surface area contributed by atoms with Gasteiger partial charge in [-0.1, -0.05) is 0 Å². The molecule has 8 heteroatoms. The Balaban J connectivity index is 1.63. The standard InChI is InChI=1S/C20H26N4O2S2/c1-3-25-17-9-5-15(6-10-17)23-19(27)21-13-14-22-20(28)24-16-7-11-18(12-8-16)26-4-2/h5-12H,3-4,13-14H2,1-2H3,(H2,21,23,27)(H2,22,24,28). The molecule has 0 bridgehead atoms. The van der Waals surface area contributed by atoms with Gasteiger partial charge in [0.15, 0.2) is 10.2 Å². The minimum atomic E-state index is 0.552. The molecule has 0 fully saturated rings. The van der Waals surface area contributed by atoms with Crippen molar-refractivity contribution in [1.29, 1.82) is 0 Å². The van der Waals surface area contributed by atoms with Gasteiger partial charge in [0, 0.05) is 24.5 Å². The molecule has 2 aromatic rings. The first-order chi connectivity index (χ1) is 13.6. The highest BCUT2D eigenvalue weighted by atomic mass is 32.1. The lowest BCUT2D eigenvalue weighted by Crippen LogP contribution is -2.38. The topological polar surface area (TPSA) is 66.6 Å². The maximum Gasteiger partial charge on any atom is 0.170 e. The Labute approximate surface area is 177 Å². The summed E-state index contributed by atoms with van der Waals surface area (Å²) in [5.74, 6) is 1.68. The Morgan fingerprint density at radius 1 is 0.679 bits per heavy atom. The minimum absolute atomic E-state index is 0.552. The molecule has 0 aliphatic heterocycles. The summed E-state index contributed by atoms with van der Waals surface area (Å²) in [5, 5.41) is 13.6. The SMILES string of the molecule is CCOc1ccc(NC(=S)NCCNC(=S)Nc2ccc(OCC)cc2)cc1. The fraction of sp³-hybridized carbons (Fsp3) is 0.300. The molecule has 150 valence electrons. The van der Waals surface area contributed by atoms with Gasteiger partial charge in [-0.25, -0.2) is 0 Å². The third kappa shape index (κ3) is 7.98. The van der Waals surface area contributed by atoms with Gasteiger partial charge in [0.1, 0.15) is 11.5 Å². The van der Waals surface area contributed by atoms with Gasteiger partial charge in [0.05, 0.1) is 13.2 Å². The molecule has 0 aliphatic carbocycles. The Morgan fingerprint density at radius 3 is 1.36 bits per heavy atom. The van der Waals surface area contributed by atoms with Gasteiger partial charge in [0.2, 0.25) is 0 Å². The van der Waals surface area contributed by atoms with Crippen molar-refractivity contribution in [3.05, 3.63) is 48.5 Å². The van der Waals surface area contributed by atoms with Crippen LogP contribution in [0.2, 0.25) is 0 Å². The van der Waals surface area contributed by atoms with E-state index in [1.165, 1.54) is 0 Å². The van der Waals surface area contributed by atoms with Crippen LogP contribution < -0.4 is 30.7 Å². The van der Waals surface area contributed by atoms with Crippen LogP contribution in [0, 0.1) is 0 Å². The van der Waals surface area contributed by atoms with Crippen molar-refractivity contribution >= 4 is 46.0 Å². The second-order valence-electron chi connectivity index (χ2n) is 5.68. The molecule has 0 aliphatic rings. The van der Waals surface area contributed by atoms with Crippen molar-refractivity contribution in [1.82, 2.24) is 10.6 Å². The zero-order chi connectivity index (χ0) is 20.2. The van der Waals surface area contributed by atoms with Gasteiger partial charge in [-0.3, -0.25) is 0 Å². The van der Waals surface area contributed by atoms with Crippen LogP contribution in [-0.2, 0) is 0 Å². The molecule has 0 atom stereocenters. The van der Waals surface area contributed by atoms with Crippen molar-refractivity contribution in [2.75, 3.05) is 36.9 Å². The maximum atomic E-state index is 5.42. The number of hydrogen-bond acceptors (Lipinski definition) is 4. The second-order valence-corrected chi connectivity index (χ2v) is 6.49. The highest BCUT2D eigenvalue weighted by molar-refractivity contribution is 7.80. The van der Waals surface area contributed by atoms with E-state index in [0.29, 0.717) is 36.5 Å². The number of benzene rings is 2. The van der Waals surface area contributed by atoms with Crippen LogP contribution in [0.15, 0.2) is 48.5 Å². The first-order valence-electron chi connectivity index (χ1n) is 9.16. The molecular formula is C20H26N4O2S2. The molecule has 0 saturated carbocycles. The van der Waals surface area contributed by atoms with Crippen LogP contribution in [0.1, 0.15) is 13.8 Å². The largest absolute Gasteiger partial charge is 0.494 e. The van der Waals surface area contributed by atoms with E-state index in [9.17, 15) is 0 Å². The molecule has 0 amide bonds. The maximum absolute atomic E-state index is 5.42. The van der Waals surface area contributed by atoms with Crippen LogP contribution in [-0.4, -0.2) is 36.5 Å². The molecule has 0 heterocycles. The number of rotatable bonds is 9. The molecule has 4 N–H and O–H groups in total. The fourth-order valence-electron chi connectivity index (χ4n) is 2.30. The lowest BCUT2D eigenvalue weighted by molar-refractivity contribution is 0.340. The van der Waals surface area contributed by atoms with Crippen molar-refractivity contribution in [2.45, 2.75) is 13.8 Å². The van der Waals surface area contributed by atoms with Crippen molar-refractivity contribution in [3.63, 3.8) is 0 Å². The van der Waals surface area contributed by atoms with Crippen LogP contribution in [0.3, 0.4) is 0 Å². The highest BCUT2D eigenvalue weighted by Crippen LogP contribution is 2.16. The van der Waals surface area contributed by atoms with E-state index in [4.69, 9.17) is 33.9 Å². The molecule has 28 heavy (non-hydrogen) atoms. The van der Waals surface area contributed by atoms with Gasteiger partial charge < -0.3 is 30.7 Å². The summed E-state index contributed by atoms with van der Waals surface area (Å²) in [6, 6.07) is 15.3.